The maximum Gasteiger partial charge on any atom is -0.0142 e. The molecule has 0 aromatic carbocycles. The summed E-state index contributed by atoms with van der Waals surface area (Å²) in [7, 11) is 3.17. The van der Waals surface area contributed by atoms with Gasteiger partial charge in [0.1, 0.15) is 0 Å². The summed E-state index contributed by atoms with van der Waals surface area (Å²) in [5, 5.41) is 0.717. The lowest BCUT2D eigenvalue weighted by Crippen LogP contribution is -2.46. The van der Waals surface area contributed by atoms with Gasteiger partial charge in [0.05, 0.1) is 0 Å². The van der Waals surface area contributed by atoms with E-state index in [-0.39, 0.29) is 0 Å². The molecule has 0 spiro atoms. The predicted molar refractivity (Wildman–Crippen MR) is 50.6 cm³/mol. The Morgan fingerprint density at radius 3 is 1.45 bits per heavy atom. The fourth-order valence-electron chi connectivity index (χ4n) is 4.18. The molecule has 0 nitrogen and oxygen atoms in total. The first-order valence-corrected chi connectivity index (χ1v) is 5.60. The molecule has 1 unspecified atom stereocenters. The van der Waals surface area contributed by atoms with E-state index in [0.717, 1.165) is 22.9 Å². The first-order chi connectivity index (χ1) is 5.23. The summed E-state index contributed by atoms with van der Waals surface area (Å²) >= 11 is 0. The lowest BCUT2D eigenvalue weighted by Gasteiger charge is -2.55. The predicted octanol–water partition coefficient (Wildman–Crippen LogP) is 2.83. The van der Waals surface area contributed by atoms with Crippen molar-refractivity contribution >= 4 is 9.24 Å². The fourth-order valence-corrected chi connectivity index (χ4v) is 5.18. The van der Waals surface area contributed by atoms with Crippen LogP contribution in [-0.2, 0) is 0 Å². The van der Waals surface area contributed by atoms with Gasteiger partial charge >= 0.3 is 0 Å². The van der Waals surface area contributed by atoms with Crippen molar-refractivity contribution in [3.63, 3.8) is 0 Å². The molecule has 4 fully saturated rings. The van der Waals surface area contributed by atoms with E-state index >= 15 is 0 Å². The van der Waals surface area contributed by atoms with Crippen LogP contribution in [0.5, 0.6) is 0 Å². The minimum atomic E-state index is 0.717. The molecule has 4 aliphatic carbocycles. The highest BCUT2D eigenvalue weighted by molar-refractivity contribution is 7.19. The summed E-state index contributed by atoms with van der Waals surface area (Å²) in [6.07, 6.45) is 9.33. The van der Waals surface area contributed by atoms with Gasteiger partial charge in [-0.3, -0.25) is 0 Å². The Bertz CT molecular complexity index is 150. The van der Waals surface area contributed by atoms with E-state index in [0.29, 0.717) is 0 Å². The van der Waals surface area contributed by atoms with Crippen molar-refractivity contribution in [2.45, 2.75) is 43.7 Å². The maximum absolute atomic E-state index is 3.17. The summed E-state index contributed by atoms with van der Waals surface area (Å²) in [4.78, 5) is 0. The van der Waals surface area contributed by atoms with Crippen LogP contribution >= 0.6 is 9.24 Å². The van der Waals surface area contributed by atoms with Crippen molar-refractivity contribution in [1.29, 1.82) is 0 Å². The smallest absolute Gasteiger partial charge is 0.0142 e. The van der Waals surface area contributed by atoms with E-state index in [2.05, 4.69) is 9.24 Å². The summed E-state index contributed by atoms with van der Waals surface area (Å²) in [5.74, 6) is 3.37. The Balaban J connectivity index is 1.94. The Hall–Kier alpha value is 0.430. The zero-order valence-corrected chi connectivity index (χ0v) is 8.21. The minimum absolute atomic E-state index is 0.717. The van der Waals surface area contributed by atoms with Crippen LogP contribution in [0.15, 0.2) is 0 Å². The van der Waals surface area contributed by atoms with Gasteiger partial charge < -0.3 is 0 Å². The highest BCUT2D eigenvalue weighted by Gasteiger charge is 2.48. The summed E-state index contributed by atoms with van der Waals surface area (Å²) in [6.45, 7) is 0. The number of hydrogen-bond acceptors (Lipinski definition) is 0. The average Bonchev–Trinajstić information content (AvgIpc) is 1.79. The second-order valence-electron chi connectivity index (χ2n) is 5.28. The first kappa shape index (κ1) is 6.89. The van der Waals surface area contributed by atoms with Gasteiger partial charge in [-0.05, 0) is 61.4 Å². The number of hydrogen-bond donors (Lipinski definition) is 0. The second-order valence-corrected chi connectivity index (χ2v) is 6.50. The first-order valence-electron chi connectivity index (χ1n) is 5.02. The third-order valence-corrected chi connectivity index (χ3v) is 4.79. The average molecular weight is 168 g/mol. The monoisotopic (exact) mass is 168 g/mol. The van der Waals surface area contributed by atoms with Crippen LogP contribution in [0.1, 0.15) is 38.5 Å². The molecule has 4 saturated carbocycles. The van der Waals surface area contributed by atoms with Gasteiger partial charge in [0, 0.05) is 0 Å². The molecule has 1 atom stereocenters. The van der Waals surface area contributed by atoms with Crippen molar-refractivity contribution in [3.05, 3.63) is 0 Å². The highest BCUT2D eigenvalue weighted by atomic mass is 31.0. The van der Waals surface area contributed by atoms with E-state index in [9.17, 15) is 0 Å². The van der Waals surface area contributed by atoms with Crippen LogP contribution < -0.4 is 0 Å². The van der Waals surface area contributed by atoms with Gasteiger partial charge in [-0.2, -0.15) is 0 Å². The summed E-state index contributed by atoms with van der Waals surface area (Å²) in [6, 6.07) is 0. The van der Waals surface area contributed by atoms with E-state index in [1.807, 2.05) is 0 Å². The van der Waals surface area contributed by atoms with Crippen LogP contribution in [0.4, 0.5) is 0 Å². The maximum atomic E-state index is 3.17. The molecule has 62 valence electrons. The van der Waals surface area contributed by atoms with E-state index in [1.165, 1.54) is 19.3 Å². The largest absolute Gasteiger partial charge is 0.131 e. The molecular weight excluding hydrogens is 151 g/mol. The molecule has 0 saturated heterocycles. The molecule has 0 amide bonds. The SMILES string of the molecule is PC12CC3CC(CC(C3)C1)C2. The van der Waals surface area contributed by atoms with Gasteiger partial charge in [-0.1, -0.05) is 0 Å². The van der Waals surface area contributed by atoms with Gasteiger partial charge in [0.25, 0.3) is 0 Å². The van der Waals surface area contributed by atoms with Crippen molar-refractivity contribution in [2.75, 3.05) is 0 Å². The van der Waals surface area contributed by atoms with Crippen LogP contribution in [0, 0.1) is 17.8 Å². The molecule has 4 bridgehead atoms. The molecule has 4 rings (SSSR count). The molecule has 4 aliphatic rings. The molecule has 0 N–H and O–H groups in total. The third kappa shape index (κ3) is 0.985. The Labute approximate surface area is 71.3 Å². The van der Waals surface area contributed by atoms with E-state index in [1.54, 1.807) is 19.3 Å². The third-order valence-electron chi connectivity index (χ3n) is 4.09. The van der Waals surface area contributed by atoms with Crippen LogP contribution in [0.3, 0.4) is 0 Å². The highest BCUT2D eigenvalue weighted by Crippen LogP contribution is 2.59. The molecule has 0 aliphatic heterocycles. The zero-order chi connectivity index (χ0) is 7.47. The minimum Gasteiger partial charge on any atom is -0.131 e. The lowest BCUT2D eigenvalue weighted by molar-refractivity contribution is 0.0379. The Morgan fingerprint density at radius 1 is 0.818 bits per heavy atom. The van der Waals surface area contributed by atoms with Crippen molar-refractivity contribution < 1.29 is 0 Å². The van der Waals surface area contributed by atoms with Crippen molar-refractivity contribution in [3.8, 4) is 0 Å². The Morgan fingerprint density at radius 2 is 1.18 bits per heavy atom. The summed E-state index contributed by atoms with van der Waals surface area (Å²) < 4.78 is 0. The normalized spacial score (nSPS) is 60.3. The van der Waals surface area contributed by atoms with Gasteiger partial charge in [0.15, 0.2) is 0 Å². The molecule has 11 heavy (non-hydrogen) atoms. The molecule has 1 heteroatoms. The van der Waals surface area contributed by atoms with Gasteiger partial charge in [0.2, 0.25) is 0 Å². The van der Waals surface area contributed by atoms with Crippen LogP contribution in [0.25, 0.3) is 0 Å². The molecular formula is C10H17P. The van der Waals surface area contributed by atoms with Gasteiger partial charge in [-0.25, -0.2) is 0 Å². The lowest BCUT2D eigenvalue weighted by atomic mass is 9.56. The van der Waals surface area contributed by atoms with E-state index in [4.69, 9.17) is 0 Å². The van der Waals surface area contributed by atoms with Crippen LogP contribution in [-0.4, -0.2) is 5.16 Å². The molecule has 0 radical (unpaired) electrons. The fraction of sp³-hybridized carbons (Fsp3) is 1.00. The van der Waals surface area contributed by atoms with Crippen molar-refractivity contribution in [2.24, 2.45) is 17.8 Å². The molecule has 0 heterocycles. The Kier molecular flexibility index (Phi) is 1.27. The zero-order valence-electron chi connectivity index (χ0n) is 7.05. The summed E-state index contributed by atoms with van der Waals surface area (Å²) in [5.41, 5.74) is 0. The topological polar surface area (TPSA) is 0 Å². The van der Waals surface area contributed by atoms with Gasteiger partial charge in [-0.15, -0.1) is 9.24 Å². The molecule has 0 aromatic heterocycles. The quantitative estimate of drug-likeness (QED) is 0.488. The second kappa shape index (κ2) is 2.02. The molecule has 0 aromatic rings. The van der Waals surface area contributed by atoms with Crippen molar-refractivity contribution in [1.82, 2.24) is 0 Å². The number of rotatable bonds is 0. The van der Waals surface area contributed by atoms with E-state index < -0.39 is 0 Å². The van der Waals surface area contributed by atoms with Crippen LogP contribution in [0.2, 0.25) is 0 Å². The standard InChI is InChI=1S/C10H17P/c11-10-4-7-1-8(5-10)3-9(2-7)6-10/h7-9H,1-6,11H2.